The molecule has 17 heavy (non-hydrogen) atoms. The van der Waals surface area contributed by atoms with Crippen LogP contribution in [0.25, 0.3) is 0 Å². The highest BCUT2D eigenvalue weighted by Crippen LogP contribution is 2.32. The van der Waals surface area contributed by atoms with Gasteiger partial charge < -0.3 is 18.9 Å². The first-order valence-electron chi connectivity index (χ1n) is 5.96. The summed E-state index contributed by atoms with van der Waals surface area (Å²) in [7, 11) is 0. The van der Waals surface area contributed by atoms with Crippen molar-refractivity contribution in [2.75, 3.05) is 26.4 Å². The summed E-state index contributed by atoms with van der Waals surface area (Å²) in [5, 5.41) is 0. The zero-order chi connectivity index (χ0) is 11.5. The molecule has 2 saturated heterocycles. The van der Waals surface area contributed by atoms with Crippen LogP contribution < -0.4 is 0 Å². The number of benzene rings is 1. The Bertz CT molecular complexity index is 326. The summed E-state index contributed by atoms with van der Waals surface area (Å²) in [6.07, 6.45) is -0.527. The monoisotopic (exact) mass is 236 g/mol. The molecule has 2 aliphatic heterocycles. The van der Waals surface area contributed by atoms with Crippen molar-refractivity contribution in [3.63, 3.8) is 0 Å². The van der Waals surface area contributed by atoms with Gasteiger partial charge in [0.05, 0.1) is 32.3 Å². The molecule has 0 unspecified atom stereocenters. The SMILES string of the molecule is c1ccc(C(C2OCCO2)C2OCCO2)cc1. The van der Waals surface area contributed by atoms with E-state index in [9.17, 15) is 0 Å². The first-order valence-corrected chi connectivity index (χ1v) is 5.96. The van der Waals surface area contributed by atoms with Gasteiger partial charge in [0.1, 0.15) is 0 Å². The Morgan fingerprint density at radius 3 is 1.71 bits per heavy atom. The second-order valence-corrected chi connectivity index (χ2v) is 4.16. The van der Waals surface area contributed by atoms with Gasteiger partial charge in [0, 0.05) is 0 Å². The molecular weight excluding hydrogens is 220 g/mol. The maximum absolute atomic E-state index is 5.60. The van der Waals surface area contributed by atoms with Crippen molar-refractivity contribution >= 4 is 0 Å². The Morgan fingerprint density at radius 2 is 1.24 bits per heavy atom. The Hall–Kier alpha value is -0.940. The Labute approximate surface area is 100 Å². The first-order chi connectivity index (χ1) is 8.45. The van der Waals surface area contributed by atoms with E-state index < -0.39 is 0 Å². The molecule has 3 rings (SSSR count). The van der Waals surface area contributed by atoms with Gasteiger partial charge in [-0.15, -0.1) is 0 Å². The zero-order valence-corrected chi connectivity index (χ0v) is 9.58. The fourth-order valence-corrected chi connectivity index (χ4v) is 2.29. The Kier molecular flexibility index (Phi) is 3.38. The van der Waals surface area contributed by atoms with Crippen LogP contribution in [-0.2, 0) is 18.9 Å². The highest BCUT2D eigenvalue weighted by Gasteiger charge is 2.38. The fraction of sp³-hybridized carbons (Fsp3) is 0.538. The molecule has 1 aromatic rings. The molecule has 1 aromatic carbocycles. The van der Waals surface area contributed by atoms with Crippen molar-refractivity contribution in [2.24, 2.45) is 0 Å². The maximum atomic E-state index is 5.60. The van der Waals surface area contributed by atoms with Crippen LogP contribution in [0.2, 0.25) is 0 Å². The summed E-state index contributed by atoms with van der Waals surface area (Å²) in [6.45, 7) is 2.56. The summed E-state index contributed by atoms with van der Waals surface area (Å²) < 4.78 is 22.4. The highest BCUT2D eigenvalue weighted by molar-refractivity contribution is 5.21. The molecule has 4 heteroatoms. The number of ether oxygens (including phenoxy) is 4. The highest BCUT2D eigenvalue weighted by atomic mass is 16.7. The Balaban J connectivity index is 1.84. The second-order valence-electron chi connectivity index (χ2n) is 4.16. The van der Waals surface area contributed by atoms with Crippen LogP contribution in [-0.4, -0.2) is 39.0 Å². The minimum absolute atomic E-state index is 0.0128. The average molecular weight is 236 g/mol. The number of hydrogen-bond donors (Lipinski definition) is 0. The summed E-state index contributed by atoms with van der Waals surface area (Å²) in [5.41, 5.74) is 1.13. The molecule has 0 spiro atoms. The maximum Gasteiger partial charge on any atom is 0.169 e. The molecule has 2 heterocycles. The third-order valence-electron chi connectivity index (χ3n) is 3.07. The van der Waals surface area contributed by atoms with Crippen molar-refractivity contribution < 1.29 is 18.9 Å². The summed E-state index contributed by atoms with van der Waals surface area (Å²) in [6, 6.07) is 10.1. The molecule has 0 aromatic heterocycles. The molecular formula is C13H16O4. The predicted octanol–water partition coefficient (Wildman–Crippen LogP) is 1.52. The van der Waals surface area contributed by atoms with Crippen LogP contribution in [0.1, 0.15) is 11.5 Å². The van der Waals surface area contributed by atoms with Gasteiger partial charge in [0.15, 0.2) is 12.6 Å². The van der Waals surface area contributed by atoms with Crippen LogP contribution in [0.5, 0.6) is 0 Å². The molecule has 0 atom stereocenters. The van der Waals surface area contributed by atoms with E-state index in [0.717, 1.165) is 5.56 Å². The summed E-state index contributed by atoms with van der Waals surface area (Å²) >= 11 is 0. The largest absolute Gasteiger partial charge is 0.349 e. The van der Waals surface area contributed by atoms with Crippen LogP contribution in [0.3, 0.4) is 0 Å². The minimum Gasteiger partial charge on any atom is -0.349 e. The van der Waals surface area contributed by atoms with E-state index in [1.165, 1.54) is 0 Å². The second kappa shape index (κ2) is 5.14. The van der Waals surface area contributed by atoms with E-state index in [2.05, 4.69) is 12.1 Å². The normalized spacial score (nSPS) is 22.6. The molecule has 0 N–H and O–H groups in total. The van der Waals surface area contributed by atoms with Crippen LogP contribution >= 0.6 is 0 Å². The van der Waals surface area contributed by atoms with Crippen molar-refractivity contribution in [3.8, 4) is 0 Å². The molecule has 4 nitrogen and oxygen atoms in total. The van der Waals surface area contributed by atoms with Gasteiger partial charge >= 0.3 is 0 Å². The average Bonchev–Trinajstić information content (AvgIpc) is 3.04. The predicted molar refractivity (Wildman–Crippen MR) is 60.6 cm³/mol. The van der Waals surface area contributed by atoms with Crippen LogP contribution in [0.4, 0.5) is 0 Å². The third kappa shape index (κ3) is 2.35. The smallest absolute Gasteiger partial charge is 0.169 e. The lowest BCUT2D eigenvalue weighted by molar-refractivity contribution is -0.145. The van der Waals surface area contributed by atoms with E-state index in [1.807, 2.05) is 18.2 Å². The standard InChI is InChI=1S/C13H16O4/c1-2-4-10(5-3-1)11(12-14-6-7-15-12)13-16-8-9-17-13/h1-5,11-13H,6-9H2. The quantitative estimate of drug-likeness (QED) is 0.797. The van der Waals surface area contributed by atoms with Crippen molar-refractivity contribution in [1.82, 2.24) is 0 Å². The lowest BCUT2D eigenvalue weighted by Gasteiger charge is -2.26. The van der Waals surface area contributed by atoms with E-state index >= 15 is 0 Å². The molecule has 0 radical (unpaired) electrons. The topological polar surface area (TPSA) is 36.9 Å². The van der Waals surface area contributed by atoms with E-state index in [0.29, 0.717) is 26.4 Å². The molecule has 0 amide bonds. The van der Waals surface area contributed by atoms with Gasteiger partial charge in [0.2, 0.25) is 0 Å². The summed E-state index contributed by atoms with van der Waals surface area (Å²) in [5.74, 6) is -0.0128. The molecule has 2 aliphatic rings. The van der Waals surface area contributed by atoms with Gasteiger partial charge in [0.25, 0.3) is 0 Å². The zero-order valence-electron chi connectivity index (χ0n) is 9.58. The van der Waals surface area contributed by atoms with Gasteiger partial charge in [-0.3, -0.25) is 0 Å². The first kappa shape index (κ1) is 11.2. The fourth-order valence-electron chi connectivity index (χ4n) is 2.29. The summed E-state index contributed by atoms with van der Waals surface area (Å²) in [4.78, 5) is 0. The molecule has 0 saturated carbocycles. The molecule has 0 bridgehead atoms. The molecule has 0 aliphatic carbocycles. The van der Waals surface area contributed by atoms with Crippen molar-refractivity contribution in [3.05, 3.63) is 35.9 Å². The lowest BCUT2D eigenvalue weighted by atomic mass is 9.98. The third-order valence-corrected chi connectivity index (χ3v) is 3.07. The number of rotatable bonds is 3. The van der Waals surface area contributed by atoms with E-state index in [1.54, 1.807) is 0 Å². The Morgan fingerprint density at radius 1 is 0.765 bits per heavy atom. The van der Waals surface area contributed by atoms with E-state index in [4.69, 9.17) is 18.9 Å². The lowest BCUT2D eigenvalue weighted by Crippen LogP contribution is -2.31. The van der Waals surface area contributed by atoms with Crippen LogP contribution in [0.15, 0.2) is 30.3 Å². The van der Waals surface area contributed by atoms with Gasteiger partial charge in [-0.25, -0.2) is 0 Å². The van der Waals surface area contributed by atoms with Crippen molar-refractivity contribution in [1.29, 1.82) is 0 Å². The van der Waals surface area contributed by atoms with E-state index in [-0.39, 0.29) is 18.5 Å². The van der Waals surface area contributed by atoms with Crippen LogP contribution in [0, 0.1) is 0 Å². The van der Waals surface area contributed by atoms with Gasteiger partial charge in [-0.2, -0.15) is 0 Å². The van der Waals surface area contributed by atoms with Gasteiger partial charge in [-0.1, -0.05) is 30.3 Å². The number of hydrogen-bond acceptors (Lipinski definition) is 4. The molecule has 2 fully saturated rings. The molecule has 92 valence electrons. The van der Waals surface area contributed by atoms with Crippen molar-refractivity contribution in [2.45, 2.75) is 18.5 Å². The van der Waals surface area contributed by atoms with Gasteiger partial charge in [-0.05, 0) is 5.56 Å². The minimum atomic E-state index is -0.263.